The van der Waals surface area contributed by atoms with Crippen molar-refractivity contribution in [3.8, 4) is 5.75 Å². The van der Waals surface area contributed by atoms with Crippen molar-refractivity contribution in [1.29, 1.82) is 0 Å². The summed E-state index contributed by atoms with van der Waals surface area (Å²) in [6.45, 7) is 0.534. The van der Waals surface area contributed by atoms with Crippen LogP contribution in [0.25, 0.3) is 0 Å². The molecule has 0 saturated carbocycles. The van der Waals surface area contributed by atoms with Gasteiger partial charge in [-0.15, -0.1) is 0 Å². The van der Waals surface area contributed by atoms with Gasteiger partial charge in [0.1, 0.15) is 5.75 Å². The Morgan fingerprint density at radius 2 is 1.82 bits per heavy atom. The molecule has 1 amide bonds. The molecule has 22 heavy (non-hydrogen) atoms. The van der Waals surface area contributed by atoms with E-state index in [0.29, 0.717) is 22.3 Å². The quantitative estimate of drug-likeness (QED) is 0.843. The van der Waals surface area contributed by atoms with Gasteiger partial charge in [0, 0.05) is 27.8 Å². The molecule has 0 fully saturated rings. The summed E-state index contributed by atoms with van der Waals surface area (Å²) in [7, 11) is 1.60. The number of hydrogen-bond donors (Lipinski definition) is 2. The summed E-state index contributed by atoms with van der Waals surface area (Å²) in [4.78, 5) is 11.9. The van der Waals surface area contributed by atoms with Gasteiger partial charge in [-0.1, -0.05) is 41.4 Å². The molecule has 6 heteroatoms. The molecule has 2 aromatic carbocycles. The predicted octanol–water partition coefficient (Wildman–Crippen LogP) is 3.73. The number of ether oxygens (including phenoxy) is 1. The largest absolute Gasteiger partial charge is 0.496 e. The second-order valence-corrected chi connectivity index (χ2v) is 5.47. The highest BCUT2D eigenvalue weighted by molar-refractivity contribution is 6.35. The van der Waals surface area contributed by atoms with Gasteiger partial charge >= 0.3 is 0 Å². The molecule has 0 spiro atoms. The second kappa shape index (κ2) is 7.92. The Hall–Kier alpha value is -1.91. The van der Waals surface area contributed by atoms with Gasteiger partial charge in [0.05, 0.1) is 13.7 Å². The highest BCUT2D eigenvalue weighted by Gasteiger charge is 2.05. The number of nitrogens with one attached hydrogen (secondary N) is 2. The average molecular weight is 339 g/mol. The number of halogens is 2. The van der Waals surface area contributed by atoms with Crippen molar-refractivity contribution in [2.24, 2.45) is 0 Å². The molecule has 116 valence electrons. The van der Waals surface area contributed by atoms with Crippen LogP contribution in [0.2, 0.25) is 10.0 Å². The van der Waals surface area contributed by atoms with Crippen molar-refractivity contribution in [1.82, 2.24) is 5.32 Å². The number of hydrogen-bond acceptors (Lipinski definition) is 3. The van der Waals surface area contributed by atoms with Crippen molar-refractivity contribution in [2.75, 3.05) is 19.0 Å². The van der Waals surface area contributed by atoms with Crippen LogP contribution in [0.15, 0.2) is 42.5 Å². The zero-order valence-electron chi connectivity index (χ0n) is 12.0. The van der Waals surface area contributed by atoms with Gasteiger partial charge in [0.15, 0.2) is 0 Å². The van der Waals surface area contributed by atoms with E-state index in [-0.39, 0.29) is 12.5 Å². The van der Waals surface area contributed by atoms with E-state index in [4.69, 9.17) is 27.9 Å². The van der Waals surface area contributed by atoms with Gasteiger partial charge < -0.3 is 15.4 Å². The standard InChI is InChI=1S/C16H16Cl2N2O2/c1-22-15-5-3-2-4-11(15)9-20-16(21)10-19-14-7-12(17)6-13(18)8-14/h2-8,19H,9-10H2,1H3,(H,20,21). The van der Waals surface area contributed by atoms with Crippen LogP contribution in [0.1, 0.15) is 5.56 Å². The van der Waals surface area contributed by atoms with E-state index in [0.717, 1.165) is 11.3 Å². The van der Waals surface area contributed by atoms with Crippen LogP contribution < -0.4 is 15.4 Å². The van der Waals surface area contributed by atoms with Crippen LogP contribution in [-0.2, 0) is 11.3 Å². The number of para-hydroxylation sites is 1. The van der Waals surface area contributed by atoms with E-state index in [9.17, 15) is 4.79 Å². The third-order valence-electron chi connectivity index (χ3n) is 2.98. The van der Waals surface area contributed by atoms with Crippen molar-refractivity contribution in [3.05, 3.63) is 58.1 Å². The van der Waals surface area contributed by atoms with E-state index in [1.165, 1.54) is 0 Å². The third-order valence-corrected chi connectivity index (χ3v) is 3.42. The third kappa shape index (κ3) is 4.83. The molecule has 0 heterocycles. The first-order chi connectivity index (χ1) is 10.6. The molecule has 2 N–H and O–H groups in total. The molecule has 4 nitrogen and oxygen atoms in total. The number of anilines is 1. The number of carbonyl (C=O) groups excluding carboxylic acids is 1. The summed E-state index contributed by atoms with van der Waals surface area (Å²) < 4.78 is 5.24. The lowest BCUT2D eigenvalue weighted by atomic mass is 10.2. The minimum atomic E-state index is -0.137. The lowest BCUT2D eigenvalue weighted by Gasteiger charge is -2.11. The molecular formula is C16H16Cl2N2O2. The number of benzene rings is 2. The summed E-state index contributed by atoms with van der Waals surface area (Å²) >= 11 is 11.8. The monoisotopic (exact) mass is 338 g/mol. The molecule has 0 aliphatic heterocycles. The van der Waals surface area contributed by atoms with E-state index in [1.807, 2.05) is 24.3 Å². The molecule has 0 radical (unpaired) electrons. The molecule has 0 aliphatic carbocycles. The Bertz CT molecular complexity index is 642. The van der Waals surface area contributed by atoms with Crippen molar-refractivity contribution >= 4 is 34.8 Å². The number of amides is 1. The first-order valence-corrected chi connectivity index (χ1v) is 7.42. The first kappa shape index (κ1) is 16.5. The lowest BCUT2D eigenvalue weighted by Crippen LogP contribution is -2.29. The smallest absolute Gasteiger partial charge is 0.239 e. The molecule has 0 bridgehead atoms. The summed E-state index contributed by atoms with van der Waals surface area (Å²) in [6.07, 6.45) is 0. The highest BCUT2D eigenvalue weighted by atomic mass is 35.5. The van der Waals surface area contributed by atoms with Gasteiger partial charge in [-0.3, -0.25) is 4.79 Å². The average Bonchev–Trinajstić information content (AvgIpc) is 2.50. The van der Waals surface area contributed by atoms with Crippen LogP contribution in [0, 0.1) is 0 Å². The van der Waals surface area contributed by atoms with Crippen LogP contribution in [0.3, 0.4) is 0 Å². The lowest BCUT2D eigenvalue weighted by molar-refractivity contribution is -0.119. The van der Waals surface area contributed by atoms with Crippen LogP contribution in [0.4, 0.5) is 5.69 Å². The van der Waals surface area contributed by atoms with Crippen LogP contribution in [0.5, 0.6) is 5.75 Å². The van der Waals surface area contributed by atoms with Crippen molar-refractivity contribution in [3.63, 3.8) is 0 Å². The topological polar surface area (TPSA) is 50.4 Å². The molecular weight excluding hydrogens is 323 g/mol. The van der Waals surface area contributed by atoms with E-state index in [1.54, 1.807) is 25.3 Å². The fraction of sp³-hybridized carbons (Fsp3) is 0.188. The number of rotatable bonds is 6. The van der Waals surface area contributed by atoms with Gasteiger partial charge in [0.25, 0.3) is 0 Å². The fourth-order valence-corrected chi connectivity index (χ4v) is 2.47. The molecule has 0 aliphatic rings. The van der Waals surface area contributed by atoms with Gasteiger partial charge in [-0.05, 0) is 24.3 Å². The predicted molar refractivity (Wildman–Crippen MR) is 89.8 cm³/mol. The summed E-state index contributed by atoms with van der Waals surface area (Å²) in [5.41, 5.74) is 1.62. The molecule has 0 atom stereocenters. The Kier molecular flexibility index (Phi) is 5.92. The number of methoxy groups -OCH3 is 1. The van der Waals surface area contributed by atoms with Gasteiger partial charge in [0.2, 0.25) is 5.91 Å². The molecule has 0 saturated heterocycles. The maximum Gasteiger partial charge on any atom is 0.239 e. The second-order valence-electron chi connectivity index (χ2n) is 4.60. The van der Waals surface area contributed by atoms with Crippen LogP contribution in [-0.4, -0.2) is 19.6 Å². The normalized spacial score (nSPS) is 10.1. The maximum atomic E-state index is 11.9. The molecule has 2 aromatic rings. The SMILES string of the molecule is COc1ccccc1CNC(=O)CNc1cc(Cl)cc(Cl)c1. The Balaban J connectivity index is 1.85. The minimum absolute atomic E-state index is 0.131. The van der Waals surface area contributed by atoms with E-state index >= 15 is 0 Å². The fourth-order valence-electron chi connectivity index (χ4n) is 1.94. The zero-order valence-corrected chi connectivity index (χ0v) is 13.5. The minimum Gasteiger partial charge on any atom is -0.496 e. The van der Waals surface area contributed by atoms with Crippen LogP contribution >= 0.6 is 23.2 Å². The Morgan fingerprint density at radius 3 is 2.50 bits per heavy atom. The summed E-state index contributed by atoms with van der Waals surface area (Å²) in [6, 6.07) is 12.6. The zero-order chi connectivity index (χ0) is 15.9. The molecule has 0 aromatic heterocycles. The molecule has 0 unspecified atom stereocenters. The molecule has 2 rings (SSSR count). The van der Waals surface area contributed by atoms with Crippen molar-refractivity contribution < 1.29 is 9.53 Å². The highest BCUT2D eigenvalue weighted by Crippen LogP contribution is 2.22. The Labute approximate surface area is 139 Å². The van der Waals surface area contributed by atoms with E-state index in [2.05, 4.69) is 10.6 Å². The number of carbonyl (C=O) groups is 1. The summed E-state index contributed by atoms with van der Waals surface area (Å²) in [5, 5.41) is 6.84. The summed E-state index contributed by atoms with van der Waals surface area (Å²) in [5.74, 6) is 0.611. The van der Waals surface area contributed by atoms with Gasteiger partial charge in [-0.2, -0.15) is 0 Å². The van der Waals surface area contributed by atoms with Gasteiger partial charge in [-0.25, -0.2) is 0 Å². The first-order valence-electron chi connectivity index (χ1n) is 6.67. The Morgan fingerprint density at radius 1 is 1.14 bits per heavy atom. The van der Waals surface area contributed by atoms with Crippen molar-refractivity contribution in [2.45, 2.75) is 6.54 Å². The van der Waals surface area contributed by atoms with E-state index < -0.39 is 0 Å². The maximum absolute atomic E-state index is 11.9.